The largest absolute Gasteiger partial charge is 0.439 e. The van der Waals surface area contributed by atoms with E-state index in [2.05, 4.69) is 23.2 Å². The van der Waals surface area contributed by atoms with Crippen LogP contribution in [-0.4, -0.2) is 9.55 Å². The van der Waals surface area contributed by atoms with Gasteiger partial charge >= 0.3 is 0 Å². The van der Waals surface area contributed by atoms with Crippen molar-refractivity contribution < 1.29 is 4.74 Å². The molecule has 0 aliphatic rings. The zero-order valence-electron chi connectivity index (χ0n) is 14.6. The van der Waals surface area contributed by atoms with Gasteiger partial charge in [-0.15, -0.1) is 0 Å². The SMILES string of the molecule is N#Cc1ccc(Cn2cncc2Oc2ccc(-c3ccccc3)cc2)cc1. The molecule has 4 nitrogen and oxygen atoms in total. The standard InChI is InChI=1S/C23H17N3O/c24-14-18-6-8-19(9-7-18)16-26-17-25-15-23(26)27-22-12-10-21(11-13-22)20-4-2-1-3-5-20/h1-13,15,17H,16H2. The summed E-state index contributed by atoms with van der Waals surface area (Å²) < 4.78 is 7.94. The molecule has 0 radical (unpaired) electrons. The van der Waals surface area contributed by atoms with Crippen molar-refractivity contribution in [2.45, 2.75) is 6.54 Å². The average molecular weight is 351 g/mol. The number of hydrogen-bond donors (Lipinski definition) is 0. The summed E-state index contributed by atoms with van der Waals surface area (Å²) in [5.41, 5.74) is 4.06. The highest BCUT2D eigenvalue weighted by Crippen LogP contribution is 2.26. The van der Waals surface area contributed by atoms with Gasteiger partial charge in [-0.1, -0.05) is 54.6 Å². The monoisotopic (exact) mass is 351 g/mol. The molecule has 0 bridgehead atoms. The Balaban J connectivity index is 1.49. The lowest BCUT2D eigenvalue weighted by Gasteiger charge is -2.10. The zero-order valence-corrected chi connectivity index (χ0v) is 14.6. The molecule has 4 rings (SSSR count). The van der Waals surface area contributed by atoms with Crippen LogP contribution >= 0.6 is 0 Å². The van der Waals surface area contributed by atoms with Gasteiger partial charge in [0.2, 0.25) is 5.88 Å². The second kappa shape index (κ2) is 7.59. The number of hydrogen-bond acceptors (Lipinski definition) is 3. The molecule has 130 valence electrons. The van der Waals surface area contributed by atoms with Gasteiger partial charge in [0.05, 0.1) is 30.7 Å². The molecular formula is C23H17N3O. The zero-order chi connectivity index (χ0) is 18.5. The molecule has 0 aliphatic heterocycles. The highest BCUT2D eigenvalue weighted by molar-refractivity contribution is 5.64. The van der Waals surface area contributed by atoms with Crippen molar-refractivity contribution in [3.63, 3.8) is 0 Å². The molecular weight excluding hydrogens is 334 g/mol. The Morgan fingerprint density at radius 1 is 0.852 bits per heavy atom. The van der Waals surface area contributed by atoms with Crippen LogP contribution in [0.4, 0.5) is 0 Å². The van der Waals surface area contributed by atoms with Crippen LogP contribution in [0.15, 0.2) is 91.4 Å². The van der Waals surface area contributed by atoms with Gasteiger partial charge in [0, 0.05) is 0 Å². The van der Waals surface area contributed by atoms with Crippen molar-refractivity contribution in [2.75, 3.05) is 0 Å². The molecule has 0 unspecified atom stereocenters. The summed E-state index contributed by atoms with van der Waals surface area (Å²) >= 11 is 0. The summed E-state index contributed by atoms with van der Waals surface area (Å²) in [6, 6.07) is 27.9. The number of aromatic nitrogens is 2. The maximum atomic E-state index is 8.90. The van der Waals surface area contributed by atoms with Gasteiger partial charge in [0.1, 0.15) is 5.75 Å². The Morgan fingerprint density at radius 3 is 2.26 bits per heavy atom. The lowest BCUT2D eigenvalue weighted by atomic mass is 10.1. The van der Waals surface area contributed by atoms with E-state index >= 15 is 0 Å². The first-order valence-corrected chi connectivity index (χ1v) is 8.64. The first kappa shape index (κ1) is 16.6. The summed E-state index contributed by atoms with van der Waals surface area (Å²) in [6.07, 6.45) is 3.45. The van der Waals surface area contributed by atoms with Gasteiger partial charge in [0.25, 0.3) is 0 Å². The predicted molar refractivity (Wildman–Crippen MR) is 104 cm³/mol. The lowest BCUT2D eigenvalue weighted by molar-refractivity contribution is 0.436. The smallest absolute Gasteiger partial charge is 0.219 e. The molecule has 3 aromatic carbocycles. The van der Waals surface area contributed by atoms with Crippen LogP contribution in [0.1, 0.15) is 11.1 Å². The maximum Gasteiger partial charge on any atom is 0.219 e. The van der Waals surface area contributed by atoms with Crippen LogP contribution in [0, 0.1) is 11.3 Å². The molecule has 0 spiro atoms. The minimum atomic E-state index is 0.628. The molecule has 0 aliphatic carbocycles. The molecule has 4 aromatic rings. The van der Waals surface area contributed by atoms with Crippen molar-refractivity contribution in [1.29, 1.82) is 5.26 Å². The molecule has 1 heterocycles. The van der Waals surface area contributed by atoms with Crippen molar-refractivity contribution in [3.05, 3.63) is 103 Å². The van der Waals surface area contributed by atoms with E-state index in [-0.39, 0.29) is 0 Å². The number of nitriles is 1. The number of imidazole rings is 1. The fraction of sp³-hybridized carbons (Fsp3) is 0.0435. The summed E-state index contributed by atoms with van der Waals surface area (Å²) in [6.45, 7) is 0.628. The first-order chi connectivity index (χ1) is 13.3. The highest BCUT2D eigenvalue weighted by atomic mass is 16.5. The van der Waals surface area contributed by atoms with Gasteiger partial charge in [-0.2, -0.15) is 5.26 Å². The third-order valence-corrected chi connectivity index (χ3v) is 4.29. The van der Waals surface area contributed by atoms with E-state index in [1.807, 2.05) is 71.3 Å². The normalized spacial score (nSPS) is 10.3. The van der Waals surface area contributed by atoms with E-state index in [1.54, 1.807) is 12.5 Å². The Morgan fingerprint density at radius 2 is 1.56 bits per heavy atom. The molecule has 0 saturated carbocycles. The minimum Gasteiger partial charge on any atom is -0.439 e. The van der Waals surface area contributed by atoms with E-state index in [9.17, 15) is 0 Å². The van der Waals surface area contributed by atoms with Crippen LogP contribution in [0.2, 0.25) is 0 Å². The molecule has 0 saturated heterocycles. The predicted octanol–water partition coefficient (Wildman–Crippen LogP) is 5.26. The number of nitrogens with zero attached hydrogens (tertiary/aromatic N) is 3. The third kappa shape index (κ3) is 3.88. The van der Waals surface area contributed by atoms with E-state index < -0.39 is 0 Å². The van der Waals surface area contributed by atoms with Crippen molar-refractivity contribution in [1.82, 2.24) is 9.55 Å². The second-order valence-corrected chi connectivity index (χ2v) is 6.16. The van der Waals surface area contributed by atoms with E-state index in [1.165, 1.54) is 5.56 Å². The fourth-order valence-electron chi connectivity index (χ4n) is 2.86. The fourth-order valence-corrected chi connectivity index (χ4v) is 2.86. The van der Waals surface area contributed by atoms with Crippen LogP contribution in [0.25, 0.3) is 11.1 Å². The topological polar surface area (TPSA) is 50.8 Å². The van der Waals surface area contributed by atoms with Crippen molar-refractivity contribution >= 4 is 0 Å². The molecule has 0 N–H and O–H groups in total. The Bertz CT molecular complexity index is 1060. The van der Waals surface area contributed by atoms with Gasteiger partial charge in [-0.05, 0) is 41.0 Å². The number of rotatable bonds is 5. The second-order valence-electron chi connectivity index (χ2n) is 6.16. The molecule has 0 fully saturated rings. The summed E-state index contributed by atoms with van der Waals surface area (Å²) in [5, 5.41) is 8.90. The molecule has 0 atom stereocenters. The van der Waals surface area contributed by atoms with Crippen LogP contribution < -0.4 is 4.74 Å². The van der Waals surface area contributed by atoms with E-state index in [4.69, 9.17) is 10.00 Å². The Kier molecular flexibility index (Phi) is 4.67. The van der Waals surface area contributed by atoms with E-state index in [0.29, 0.717) is 18.0 Å². The van der Waals surface area contributed by atoms with Crippen molar-refractivity contribution in [3.8, 4) is 28.8 Å². The molecule has 1 aromatic heterocycles. The van der Waals surface area contributed by atoms with Gasteiger partial charge in [-0.25, -0.2) is 4.98 Å². The first-order valence-electron chi connectivity index (χ1n) is 8.64. The van der Waals surface area contributed by atoms with Crippen LogP contribution in [0.5, 0.6) is 11.6 Å². The minimum absolute atomic E-state index is 0.628. The van der Waals surface area contributed by atoms with Crippen LogP contribution in [0.3, 0.4) is 0 Å². The van der Waals surface area contributed by atoms with Crippen molar-refractivity contribution in [2.24, 2.45) is 0 Å². The van der Waals surface area contributed by atoms with Gasteiger partial charge in [0.15, 0.2) is 0 Å². The van der Waals surface area contributed by atoms with Gasteiger partial charge < -0.3 is 4.74 Å². The molecule has 0 amide bonds. The van der Waals surface area contributed by atoms with Gasteiger partial charge in [-0.3, -0.25) is 4.57 Å². The quantitative estimate of drug-likeness (QED) is 0.493. The summed E-state index contributed by atoms with van der Waals surface area (Å²) in [5.74, 6) is 1.43. The Labute approximate surface area is 157 Å². The summed E-state index contributed by atoms with van der Waals surface area (Å²) in [7, 11) is 0. The Hall–Kier alpha value is -3.84. The lowest BCUT2D eigenvalue weighted by Crippen LogP contribution is -2.00. The molecule has 4 heteroatoms. The summed E-state index contributed by atoms with van der Waals surface area (Å²) in [4.78, 5) is 4.20. The average Bonchev–Trinajstić information content (AvgIpc) is 3.16. The number of ether oxygens (including phenoxy) is 1. The highest BCUT2D eigenvalue weighted by Gasteiger charge is 2.06. The third-order valence-electron chi connectivity index (χ3n) is 4.29. The molecule has 27 heavy (non-hydrogen) atoms. The maximum absolute atomic E-state index is 8.90. The van der Waals surface area contributed by atoms with E-state index in [0.717, 1.165) is 16.9 Å². The van der Waals surface area contributed by atoms with Crippen LogP contribution in [-0.2, 0) is 6.54 Å². The number of benzene rings is 3.